The second kappa shape index (κ2) is 9.17. The summed E-state index contributed by atoms with van der Waals surface area (Å²) in [5.41, 5.74) is 0.483. The minimum Gasteiger partial charge on any atom is -0.357 e. The summed E-state index contributed by atoms with van der Waals surface area (Å²) in [4.78, 5) is 4.59. The molecular formula is C18H22FN3O2S. The van der Waals surface area contributed by atoms with Gasteiger partial charge in [-0.3, -0.25) is 0 Å². The van der Waals surface area contributed by atoms with Gasteiger partial charge in [0.25, 0.3) is 0 Å². The highest BCUT2D eigenvalue weighted by Gasteiger charge is 2.13. The fourth-order valence-electron chi connectivity index (χ4n) is 2.18. The lowest BCUT2D eigenvalue weighted by molar-refractivity contribution is 0.594. The molecule has 0 fully saturated rings. The largest absolute Gasteiger partial charge is 0.357 e. The average Bonchev–Trinajstić information content (AvgIpc) is 2.61. The number of guanidine groups is 1. The van der Waals surface area contributed by atoms with Crippen molar-refractivity contribution < 1.29 is 12.8 Å². The van der Waals surface area contributed by atoms with Crippen LogP contribution in [0, 0.1) is 5.82 Å². The summed E-state index contributed by atoms with van der Waals surface area (Å²) in [6, 6.07) is 14.7. The van der Waals surface area contributed by atoms with Gasteiger partial charge in [-0.05, 0) is 25.1 Å². The van der Waals surface area contributed by atoms with Crippen molar-refractivity contribution in [2.75, 3.05) is 18.8 Å². The van der Waals surface area contributed by atoms with Crippen LogP contribution in [-0.4, -0.2) is 33.2 Å². The van der Waals surface area contributed by atoms with Gasteiger partial charge in [0.15, 0.2) is 15.8 Å². The number of nitrogens with zero attached hydrogens (tertiary/aromatic N) is 1. The second-order valence-corrected chi connectivity index (χ2v) is 7.45. The molecule has 0 bridgehead atoms. The fraction of sp³-hybridized carbons (Fsp3) is 0.278. The van der Waals surface area contributed by atoms with Crippen molar-refractivity contribution in [3.8, 4) is 0 Å². The highest BCUT2D eigenvalue weighted by atomic mass is 32.2. The molecule has 0 saturated carbocycles. The van der Waals surface area contributed by atoms with Crippen LogP contribution in [0.25, 0.3) is 0 Å². The third kappa shape index (κ3) is 5.86. The predicted octanol–water partition coefficient (Wildman–Crippen LogP) is 2.35. The van der Waals surface area contributed by atoms with Crippen molar-refractivity contribution in [1.29, 1.82) is 0 Å². The normalized spacial score (nSPS) is 12.0. The minimum atomic E-state index is -3.35. The zero-order valence-corrected chi connectivity index (χ0v) is 14.9. The van der Waals surface area contributed by atoms with Gasteiger partial charge >= 0.3 is 0 Å². The van der Waals surface area contributed by atoms with Gasteiger partial charge in [-0.2, -0.15) is 0 Å². The Bertz CT molecular complexity index is 808. The number of hydrogen-bond acceptors (Lipinski definition) is 3. The summed E-state index contributed by atoms with van der Waals surface area (Å²) >= 11 is 0. The molecule has 0 amide bonds. The molecule has 2 aromatic rings. The lowest BCUT2D eigenvalue weighted by Gasteiger charge is -2.12. The molecule has 5 nitrogen and oxygen atoms in total. The van der Waals surface area contributed by atoms with Gasteiger partial charge in [-0.1, -0.05) is 36.4 Å². The lowest BCUT2D eigenvalue weighted by Crippen LogP contribution is -2.39. The minimum absolute atomic E-state index is 0.0544. The molecule has 2 rings (SSSR count). The number of sulfone groups is 1. The first-order valence-electron chi connectivity index (χ1n) is 8.06. The van der Waals surface area contributed by atoms with Crippen molar-refractivity contribution >= 4 is 15.8 Å². The Morgan fingerprint density at radius 2 is 1.72 bits per heavy atom. The van der Waals surface area contributed by atoms with Gasteiger partial charge in [-0.15, -0.1) is 0 Å². The standard InChI is InChI=1S/C18H22FN3O2S/c1-2-20-18(22-14-15-8-6-7-11-17(15)19)21-12-13-25(23,24)16-9-4-3-5-10-16/h3-11H,2,12-14H2,1H3,(H2,20,21,22). The molecule has 2 aromatic carbocycles. The fourth-order valence-corrected chi connectivity index (χ4v) is 3.36. The molecule has 0 aromatic heterocycles. The molecule has 134 valence electrons. The molecule has 0 aliphatic carbocycles. The summed E-state index contributed by atoms with van der Waals surface area (Å²) in [6.45, 7) is 2.91. The van der Waals surface area contributed by atoms with Gasteiger partial charge < -0.3 is 10.6 Å². The van der Waals surface area contributed by atoms with E-state index in [-0.39, 0.29) is 24.7 Å². The maximum absolute atomic E-state index is 13.6. The van der Waals surface area contributed by atoms with Crippen LogP contribution in [0.15, 0.2) is 64.5 Å². The van der Waals surface area contributed by atoms with Crippen LogP contribution in [0.5, 0.6) is 0 Å². The molecule has 0 aliphatic heterocycles. The third-order valence-corrected chi connectivity index (χ3v) is 5.21. The molecule has 7 heteroatoms. The lowest BCUT2D eigenvalue weighted by atomic mass is 10.2. The Balaban J connectivity index is 1.95. The monoisotopic (exact) mass is 363 g/mol. The number of halogens is 1. The maximum Gasteiger partial charge on any atom is 0.191 e. The van der Waals surface area contributed by atoms with Crippen LogP contribution >= 0.6 is 0 Å². The molecular weight excluding hydrogens is 341 g/mol. The van der Waals surface area contributed by atoms with Gasteiger partial charge in [0.1, 0.15) is 5.82 Å². The Morgan fingerprint density at radius 1 is 1.04 bits per heavy atom. The number of aliphatic imine (C=N–C) groups is 1. The van der Waals surface area contributed by atoms with E-state index in [0.29, 0.717) is 23.0 Å². The van der Waals surface area contributed by atoms with Crippen LogP contribution in [0.2, 0.25) is 0 Å². The number of nitrogens with one attached hydrogen (secondary N) is 2. The van der Waals surface area contributed by atoms with Crippen LogP contribution in [0.3, 0.4) is 0 Å². The summed E-state index contributed by atoms with van der Waals surface area (Å²) in [5.74, 6) is 0.0870. The van der Waals surface area contributed by atoms with E-state index in [9.17, 15) is 12.8 Å². The van der Waals surface area contributed by atoms with Crippen molar-refractivity contribution in [3.63, 3.8) is 0 Å². The Kier molecular flexibility index (Phi) is 6.94. The van der Waals surface area contributed by atoms with Crippen molar-refractivity contribution in [3.05, 3.63) is 66.0 Å². The summed E-state index contributed by atoms with van der Waals surface area (Å²) < 4.78 is 38.1. The van der Waals surface area contributed by atoms with Gasteiger partial charge in [0.05, 0.1) is 17.2 Å². The van der Waals surface area contributed by atoms with Crippen LogP contribution < -0.4 is 10.6 Å². The molecule has 0 saturated heterocycles. The number of rotatable bonds is 7. The summed E-state index contributed by atoms with van der Waals surface area (Å²) in [5, 5.41) is 5.99. The van der Waals surface area contributed by atoms with E-state index in [1.54, 1.807) is 48.5 Å². The van der Waals surface area contributed by atoms with Crippen molar-refractivity contribution in [1.82, 2.24) is 10.6 Å². The zero-order chi connectivity index (χ0) is 18.1. The van der Waals surface area contributed by atoms with E-state index in [1.807, 2.05) is 6.92 Å². The molecule has 0 heterocycles. The smallest absolute Gasteiger partial charge is 0.191 e. The first-order valence-corrected chi connectivity index (χ1v) is 9.71. The highest BCUT2D eigenvalue weighted by Crippen LogP contribution is 2.09. The highest BCUT2D eigenvalue weighted by molar-refractivity contribution is 7.91. The number of benzene rings is 2. The SMILES string of the molecule is CCNC(=NCc1ccccc1F)NCCS(=O)(=O)c1ccccc1. The number of hydrogen-bond donors (Lipinski definition) is 2. The summed E-state index contributed by atoms with van der Waals surface area (Å²) in [7, 11) is -3.35. The quantitative estimate of drug-likeness (QED) is 0.585. The topological polar surface area (TPSA) is 70.6 Å². The van der Waals surface area contributed by atoms with Gasteiger partial charge in [0.2, 0.25) is 0 Å². The van der Waals surface area contributed by atoms with E-state index < -0.39 is 9.84 Å². The van der Waals surface area contributed by atoms with E-state index in [0.717, 1.165) is 0 Å². The molecule has 0 radical (unpaired) electrons. The van der Waals surface area contributed by atoms with Crippen LogP contribution in [-0.2, 0) is 16.4 Å². The molecule has 0 unspecified atom stereocenters. The van der Waals surface area contributed by atoms with E-state index in [1.165, 1.54) is 6.07 Å². The third-order valence-electron chi connectivity index (χ3n) is 3.48. The van der Waals surface area contributed by atoms with E-state index in [4.69, 9.17) is 0 Å². The first-order chi connectivity index (χ1) is 12.0. The maximum atomic E-state index is 13.6. The summed E-state index contributed by atoms with van der Waals surface area (Å²) in [6.07, 6.45) is 0. The Labute approximate surface area is 147 Å². The van der Waals surface area contributed by atoms with Crippen molar-refractivity contribution in [2.24, 2.45) is 4.99 Å². The molecule has 2 N–H and O–H groups in total. The first kappa shape index (κ1) is 18.9. The van der Waals surface area contributed by atoms with Gasteiger partial charge in [-0.25, -0.2) is 17.8 Å². The molecule has 0 spiro atoms. The Morgan fingerprint density at radius 3 is 2.40 bits per heavy atom. The molecule has 0 atom stereocenters. The zero-order valence-electron chi connectivity index (χ0n) is 14.1. The molecule has 0 aliphatic rings. The second-order valence-electron chi connectivity index (χ2n) is 5.35. The predicted molar refractivity (Wildman–Crippen MR) is 97.7 cm³/mol. The van der Waals surface area contributed by atoms with E-state index in [2.05, 4.69) is 15.6 Å². The Hall–Kier alpha value is -2.41. The van der Waals surface area contributed by atoms with Crippen LogP contribution in [0.4, 0.5) is 4.39 Å². The van der Waals surface area contributed by atoms with Gasteiger partial charge in [0, 0.05) is 18.7 Å². The van der Waals surface area contributed by atoms with Crippen molar-refractivity contribution in [2.45, 2.75) is 18.4 Å². The van der Waals surface area contributed by atoms with Crippen LogP contribution in [0.1, 0.15) is 12.5 Å². The average molecular weight is 363 g/mol. The van der Waals surface area contributed by atoms with E-state index >= 15 is 0 Å². The molecule has 25 heavy (non-hydrogen) atoms.